The molecule has 0 saturated heterocycles. The molecule has 0 bridgehead atoms. The summed E-state index contributed by atoms with van der Waals surface area (Å²) in [6.07, 6.45) is -0.157. The number of hydrogen-bond acceptors (Lipinski definition) is 7. The van der Waals surface area contributed by atoms with Gasteiger partial charge in [0.15, 0.2) is 6.61 Å². The Labute approximate surface area is 177 Å². The third kappa shape index (κ3) is 7.06. The zero-order valence-corrected chi connectivity index (χ0v) is 16.9. The average molecular weight is 435 g/mol. The first-order valence-corrected chi connectivity index (χ1v) is 8.99. The monoisotopic (exact) mass is 434 g/mol. The minimum absolute atomic E-state index is 0.111. The van der Waals surface area contributed by atoms with Gasteiger partial charge in [-0.05, 0) is 25.1 Å². The van der Waals surface area contributed by atoms with Crippen molar-refractivity contribution in [1.29, 1.82) is 0 Å². The van der Waals surface area contributed by atoms with Crippen LogP contribution < -0.4 is 20.2 Å². The second-order valence-electron chi connectivity index (χ2n) is 6.00. The van der Waals surface area contributed by atoms with Gasteiger partial charge in [-0.25, -0.2) is 5.43 Å². The Morgan fingerprint density at radius 1 is 1.17 bits per heavy atom. The minimum Gasteiger partial charge on any atom is -0.497 e. The van der Waals surface area contributed by atoms with Crippen LogP contribution in [0, 0.1) is 10.1 Å². The Morgan fingerprint density at radius 3 is 2.60 bits per heavy atom. The lowest BCUT2D eigenvalue weighted by Gasteiger charge is -2.08. The number of nitro groups is 1. The van der Waals surface area contributed by atoms with Gasteiger partial charge in [-0.2, -0.15) is 5.10 Å². The van der Waals surface area contributed by atoms with Crippen LogP contribution in [0.4, 0.5) is 11.4 Å². The number of nitro benzene ring substituents is 1. The predicted molar refractivity (Wildman–Crippen MR) is 111 cm³/mol. The molecule has 0 radical (unpaired) electrons. The Morgan fingerprint density at radius 2 is 1.90 bits per heavy atom. The molecule has 11 heteroatoms. The second-order valence-corrected chi connectivity index (χ2v) is 6.40. The third-order valence-corrected chi connectivity index (χ3v) is 3.96. The van der Waals surface area contributed by atoms with Crippen molar-refractivity contribution in [2.45, 2.75) is 13.3 Å². The van der Waals surface area contributed by atoms with E-state index >= 15 is 0 Å². The van der Waals surface area contributed by atoms with Gasteiger partial charge in [0.05, 0.1) is 29.2 Å². The number of amides is 2. The summed E-state index contributed by atoms with van der Waals surface area (Å²) in [6.45, 7) is 1.26. The van der Waals surface area contributed by atoms with Gasteiger partial charge < -0.3 is 14.8 Å². The SMILES string of the molecule is COc1cccc(OCC(=O)NN=C(C)CC(=O)Nc2cc([N+](=O)[O-])ccc2Cl)c1. The van der Waals surface area contributed by atoms with Gasteiger partial charge in [-0.3, -0.25) is 19.7 Å². The van der Waals surface area contributed by atoms with Crippen LogP contribution >= 0.6 is 11.6 Å². The molecule has 2 aromatic rings. The Bertz CT molecular complexity index is 979. The molecule has 0 aliphatic heterocycles. The smallest absolute Gasteiger partial charge is 0.277 e. The molecule has 0 spiro atoms. The maximum atomic E-state index is 12.1. The van der Waals surface area contributed by atoms with Gasteiger partial charge in [0, 0.05) is 23.9 Å². The highest BCUT2D eigenvalue weighted by molar-refractivity contribution is 6.33. The van der Waals surface area contributed by atoms with Crippen LogP contribution in [0.5, 0.6) is 11.5 Å². The molecule has 10 nitrogen and oxygen atoms in total. The first kappa shape index (κ1) is 22.6. The molecule has 0 fully saturated rings. The number of non-ortho nitro benzene ring substituents is 1. The fourth-order valence-electron chi connectivity index (χ4n) is 2.22. The van der Waals surface area contributed by atoms with E-state index in [0.29, 0.717) is 17.2 Å². The number of carbonyl (C=O) groups is 2. The largest absolute Gasteiger partial charge is 0.497 e. The van der Waals surface area contributed by atoms with Gasteiger partial charge in [0.2, 0.25) is 5.91 Å². The summed E-state index contributed by atoms with van der Waals surface area (Å²) >= 11 is 5.94. The molecule has 0 aromatic heterocycles. The summed E-state index contributed by atoms with van der Waals surface area (Å²) < 4.78 is 10.4. The molecular weight excluding hydrogens is 416 g/mol. The summed E-state index contributed by atoms with van der Waals surface area (Å²) in [5, 5.41) is 17.3. The quantitative estimate of drug-likeness (QED) is 0.354. The molecular formula is C19H19ClN4O6. The van der Waals surface area contributed by atoms with Crippen LogP contribution in [0.2, 0.25) is 5.02 Å². The Kier molecular flexibility index (Phi) is 8.12. The number of benzene rings is 2. The maximum Gasteiger partial charge on any atom is 0.277 e. The van der Waals surface area contributed by atoms with Gasteiger partial charge in [-0.15, -0.1) is 0 Å². The van der Waals surface area contributed by atoms with Crippen molar-refractivity contribution in [3.8, 4) is 11.5 Å². The molecule has 0 heterocycles. The van der Waals surface area contributed by atoms with E-state index in [1.165, 1.54) is 26.2 Å². The normalized spacial score (nSPS) is 10.8. The summed E-state index contributed by atoms with van der Waals surface area (Å²) in [5.41, 5.74) is 2.50. The van der Waals surface area contributed by atoms with Gasteiger partial charge in [0.1, 0.15) is 11.5 Å². The molecule has 158 valence electrons. The van der Waals surface area contributed by atoms with Crippen molar-refractivity contribution in [1.82, 2.24) is 5.43 Å². The zero-order valence-electron chi connectivity index (χ0n) is 16.2. The van der Waals surface area contributed by atoms with E-state index in [1.807, 2.05) is 0 Å². The zero-order chi connectivity index (χ0) is 22.1. The van der Waals surface area contributed by atoms with Crippen LogP contribution in [0.25, 0.3) is 0 Å². The van der Waals surface area contributed by atoms with E-state index in [0.717, 1.165) is 6.07 Å². The number of carbonyl (C=O) groups excluding carboxylic acids is 2. The number of halogens is 1. The molecule has 0 aliphatic rings. The van der Waals surface area contributed by atoms with Gasteiger partial charge in [0.25, 0.3) is 11.6 Å². The van der Waals surface area contributed by atoms with Crippen molar-refractivity contribution < 1.29 is 24.0 Å². The Balaban J connectivity index is 1.84. The van der Waals surface area contributed by atoms with Gasteiger partial charge in [-0.1, -0.05) is 17.7 Å². The van der Waals surface area contributed by atoms with Crippen molar-refractivity contribution >= 4 is 40.5 Å². The van der Waals surface area contributed by atoms with Crippen molar-refractivity contribution in [3.05, 3.63) is 57.6 Å². The van der Waals surface area contributed by atoms with E-state index in [-0.39, 0.29) is 29.4 Å². The molecule has 2 aromatic carbocycles. The molecule has 30 heavy (non-hydrogen) atoms. The van der Waals surface area contributed by atoms with E-state index in [1.54, 1.807) is 24.3 Å². The number of rotatable bonds is 9. The summed E-state index contributed by atoms with van der Waals surface area (Å²) in [4.78, 5) is 34.2. The van der Waals surface area contributed by atoms with E-state index in [4.69, 9.17) is 21.1 Å². The summed E-state index contributed by atoms with van der Waals surface area (Å²) in [6, 6.07) is 10.5. The molecule has 2 N–H and O–H groups in total. The fraction of sp³-hybridized carbons (Fsp3) is 0.211. The lowest BCUT2D eigenvalue weighted by atomic mass is 10.2. The Hall–Kier alpha value is -3.66. The highest BCUT2D eigenvalue weighted by atomic mass is 35.5. The predicted octanol–water partition coefficient (Wildman–Crippen LogP) is 3.16. The lowest BCUT2D eigenvalue weighted by Crippen LogP contribution is -2.26. The number of methoxy groups -OCH3 is 1. The van der Waals surface area contributed by atoms with E-state index in [2.05, 4.69) is 15.8 Å². The number of hydrogen-bond donors (Lipinski definition) is 2. The molecule has 2 rings (SSSR count). The summed E-state index contributed by atoms with van der Waals surface area (Å²) in [5.74, 6) is 0.0369. The number of ether oxygens (including phenoxy) is 2. The van der Waals surface area contributed by atoms with Crippen LogP contribution in [-0.2, 0) is 9.59 Å². The summed E-state index contributed by atoms with van der Waals surface area (Å²) in [7, 11) is 1.52. The molecule has 0 unspecified atom stereocenters. The molecule has 2 amide bonds. The van der Waals surface area contributed by atoms with Crippen LogP contribution in [0.3, 0.4) is 0 Å². The highest BCUT2D eigenvalue weighted by Crippen LogP contribution is 2.26. The van der Waals surface area contributed by atoms with Crippen LogP contribution in [0.1, 0.15) is 13.3 Å². The third-order valence-electron chi connectivity index (χ3n) is 3.63. The minimum atomic E-state index is -0.595. The van der Waals surface area contributed by atoms with E-state index in [9.17, 15) is 19.7 Å². The lowest BCUT2D eigenvalue weighted by molar-refractivity contribution is -0.384. The number of hydrazone groups is 1. The number of nitrogens with one attached hydrogen (secondary N) is 2. The number of nitrogens with zero attached hydrogens (tertiary/aromatic N) is 2. The van der Waals surface area contributed by atoms with Crippen molar-refractivity contribution in [2.75, 3.05) is 19.0 Å². The van der Waals surface area contributed by atoms with Crippen molar-refractivity contribution in [3.63, 3.8) is 0 Å². The topological polar surface area (TPSA) is 132 Å². The van der Waals surface area contributed by atoms with Crippen LogP contribution in [0.15, 0.2) is 47.6 Å². The van der Waals surface area contributed by atoms with E-state index < -0.39 is 16.7 Å². The second kappa shape index (κ2) is 10.8. The first-order chi connectivity index (χ1) is 14.3. The first-order valence-electron chi connectivity index (χ1n) is 8.61. The molecule has 0 atom stereocenters. The highest BCUT2D eigenvalue weighted by Gasteiger charge is 2.13. The fourth-order valence-corrected chi connectivity index (χ4v) is 2.38. The molecule has 0 aliphatic carbocycles. The standard InChI is InChI=1S/C19H19ClN4O6/c1-12(8-18(25)21-17-9-13(24(27)28)6-7-16(17)20)22-23-19(26)11-30-15-5-3-4-14(10-15)29-2/h3-7,9-10H,8,11H2,1-2H3,(H,21,25)(H,23,26). The number of anilines is 1. The molecule has 0 saturated carbocycles. The van der Waals surface area contributed by atoms with Crippen molar-refractivity contribution in [2.24, 2.45) is 5.10 Å². The van der Waals surface area contributed by atoms with Gasteiger partial charge >= 0.3 is 0 Å². The maximum absolute atomic E-state index is 12.1. The van der Waals surface area contributed by atoms with Crippen LogP contribution in [-0.4, -0.2) is 36.2 Å². The average Bonchev–Trinajstić information content (AvgIpc) is 2.72.